The minimum absolute atomic E-state index is 0.0813. The third-order valence-electron chi connectivity index (χ3n) is 2.98. The molecule has 1 aliphatic heterocycles. The van der Waals surface area contributed by atoms with Crippen LogP contribution in [0.5, 0.6) is 0 Å². The van der Waals surface area contributed by atoms with E-state index in [1.165, 1.54) is 4.31 Å². The van der Waals surface area contributed by atoms with Crippen molar-refractivity contribution >= 4 is 10.0 Å². The quantitative estimate of drug-likeness (QED) is 0.813. The maximum absolute atomic E-state index is 12.3. The Morgan fingerprint density at radius 1 is 1.61 bits per heavy atom. The molecule has 0 radical (unpaired) electrons. The van der Waals surface area contributed by atoms with Crippen molar-refractivity contribution in [1.29, 1.82) is 0 Å². The summed E-state index contributed by atoms with van der Waals surface area (Å²) < 4.78 is 33.1. The van der Waals surface area contributed by atoms with E-state index in [4.69, 9.17) is 4.74 Å². The SMILES string of the molecule is CN(CC1CNCCO1)S(=O)(=O)c1ccn(C)c1. The highest BCUT2D eigenvalue weighted by molar-refractivity contribution is 7.89. The minimum Gasteiger partial charge on any atom is -0.374 e. The topological polar surface area (TPSA) is 63.6 Å². The first-order valence-corrected chi connectivity index (χ1v) is 7.35. The number of hydrogen-bond donors (Lipinski definition) is 1. The molecule has 0 aliphatic carbocycles. The van der Waals surface area contributed by atoms with Gasteiger partial charge in [0.2, 0.25) is 10.0 Å². The van der Waals surface area contributed by atoms with Crippen molar-refractivity contribution in [2.24, 2.45) is 7.05 Å². The van der Waals surface area contributed by atoms with Crippen LogP contribution in [0.1, 0.15) is 0 Å². The summed E-state index contributed by atoms with van der Waals surface area (Å²) in [6.07, 6.45) is 3.24. The fourth-order valence-electron chi connectivity index (χ4n) is 1.93. The summed E-state index contributed by atoms with van der Waals surface area (Å²) in [7, 11) is -0.0304. The van der Waals surface area contributed by atoms with E-state index in [1.807, 2.05) is 0 Å². The average molecular weight is 273 g/mol. The van der Waals surface area contributed by atoms with E-state index in [2.05, 4.69) is 5.32 Å². The lowest BCUT2D eigenvalue weighted by molar-refractivity contribution is 0.0206. The third kappa shape index (κ3) is 2.92. The minimum atomic E-state index is -3.41. The van der Waals surface area contributed by atoms with Crippen LogP contribution in [-0.2, 0) is 21.8 Å². The third-order valence-corrected chi connectivity index (χ3v) is 4.79. The first-order valence-electron chi connectivity index (χ1n) is 5.91. The molecule has 1 atom stereocenters. The second-order valence-electron chi connectivity index (χ2n) is 4.50. The highest BCUT2D eigenvalue weighted by Crippen LogP contribution is 2.15. The van der Waals surface area contributed by atoms with Gasteiger partial charge >= 0.3 is 0 Å². The summed E-state index contributed by atoms with van der Waals surface area (Å²) >= 11 is 0. The van der Waals surface area contributed by atoms with E-state index in [1.54, 1.807) is 37.1 Å². The Bertz CT molecular complexity index is 491. The second kappa shape index (κ2) is 5.40. The van der Waals surface area contributed by atoms with Crippen LogP contribution in [-0.4, -0.2) is 56.7 Å². The van der Waals surface area contributed by atoms with E-state index >= 15 is 0 Å². The summed E-state index contributed by atoms with van der Waals surface area (Å²) in [5.74, 6) is 0. The number of aromatic nitrogens is 1. The molecule has 2 heterocycles. The number of likely N-dealkylation sites (N-methyl/N-ethyl adjacent to an activating group) is 1. The van der Waals surface area contributed by atoms with Gasteiger partial charge in [-0.2, -0.15) is 4.31 Å². The van der Waals surface area contributed by atoms with Crippen LogP contribution < -0.4 is 5.32 Å². The van der Waals surface area contributed by atoms with E-state index in [0.717, 1.165) is 6.54 Å². The predicted octanol–water partition coefficient (Wildman–Crippen LogP) is -0.366. The molecule has 1 saturated heterocycles. The second-order valence-corrected chi connectivity index (χ2v) is 6.54. The molecule has 0 aromatic carbocycles. The maximum Gasteiger partial charge on any atom is 0.244 e. The van der Waals surface area contributed by atoms with Crippen molar-refractivity contribution in [3.05, 3.63) is 18.5 Å². The fourth-order valence-corrected chi connectivity index (χ4v) is 3.19. The van der Waals surface area contributed by atoms with Gasteiger partial charge in [0.05, 0.1) is 17.6 Å². The van der Waals surface area contributed by atoms with Crippen molar-refractivity contribution in [2.45, 2.75) is 11.0 Å². The first kappa shape index (κ1) is 13.5. The number of nitrogens with one attached hydrogen (secondary N) is 1. The Morgan fingerprint density at radius 2 is 2.39 bits per heavy atom. The van der Waals surface area contributed by atoms with Gasteiger partial charge in [0.15, 0.2) is 0 Å². The van der Waals surface area contributed by atoms with Gasteiger partial charge in [-0.15, -0.1) is 0 Å². The van der Waals surface area contributed by atoms with Gasteiger partial charge in [-0.25, -0.2) is 8.42 Å². The van der Waals surface area contributed by atoms with Gasteiger partial charge in [-0.3, -0.25) is 0 Å². The molecule has 6 nitrogen and oxygen atoms in total. The lowest BCUT2D eigenvalue weighted by Gasteiger charge is -2.27. The van der Waals surface area contributed by atoms with Crippen molar-refractivity contribution in [3.63, 3.8) is 0 Å². The molecule has 0 amide bonds. The summed E-state index contributed by atoms with van der Waals surface area (Å²) in [5.41, 5.74) is 0. The number of sulfonamides is 1. The number of nitrogens with zero attached hydrogens (tertiary/aromatic N) is 2. The highest BCUT2D eigenvalue weighted by Gasteiger charge is 2.25. The molecule has 1 N–H and O–H groups in total. The lowest BCUT2D eigenvalue weighted by Crippen LogP contribution is -2.45. The van der Waals surface area contributed by atoms with Gasteiger partial charge in [-0.05, 0) is 6.07 Å². The predicted molar refractivity (Wildman–Crippen MR) is 67.8 cm³/mol. The molecule has 0 bridgehead atoms. The van der Waals surface area contributed by atoms with E-state index in [9.17, 15) is 8.42 Å². The molecule has 0 spiro atoms. The zero-order valence-electron chi connectivity index (χ0n) is 10.7. The van der Waals surface area contributed by atoms with Gasteiger partial charge in [0.25, 0.3) is 0 Å². The fraction of sp³-hybridized carbons (Fsp3) is 0.636. The normalized spacial score (nSPS) is 21.4. The summed E-state index contributed by atoms with van der Waals surface area (Å²) in [6.45, 7) is 2.51. The summed E-state index contributed by atoms with van der Waals surface area (Å²) in [5, 5.41) is 3.18. The Hall–Kier alpha value is -0.890. The maximum atomic E-state index is 12.3. The molecule has 1 fully saturated rings. The van der Waals surface area contributed by atoms with E-state index in [-0.39, 0.29) is 6.10 Å². The number of rotatable bonds is 4. The Kier molecular flexibility index (Phi) is 4.06. The summed E-state index contributed by atoms with van der Waals surface area (Å²) in [6, 6.07) is 1.60. The summed E-state index contributed by atoms with van der Waals surface area (Å²) in [4.78, 5) is 0.316. The van der Waals surface area contributed by atoms with Gasteiger partial charge in [0.1, 0.15) is 0 Å². The smallest absolute Gasteiger partial charge is 0.244 e. The van der Waals surface area contributed by atoms with Crippen LogP contribution in [0.3, 0.4) is 0 Å². The van der Waals surface area contributed by atoms with Gasteiger partial charge in [0, 0.05) is 46.1 Å². The molecule has 1 aromatic rings. The largest absolute Gasteiger partial charge is 0.374 e. The van der Waals surface area contributed by atoms with Crippen LogP contribution >= 0.6 is 0 Å². The van der Waals surface area contributed by atoms with Crippen LogP contribution in [0.15, 0.2) is 23.4 Å². The first-order chi connectivity index (χ1) is 8.50. The van der Waals surface area contributed by atoms with Crippen LogP contribution in [0.2, 0.25) is 0 Å². The number of hydrogen-bond acceptors (Lipinski definition) is 4. The Morgan fingerprint density at radius 3 is 2.94 bits per heavy atom. The standard InChI is InChI=1S/C11H19N3O3S/c1-13-5-3-11(9-13)18(15,16)14(2)8-10-7-12-4-6-17-10/h3,5,9-10,12H,4,6-8H2,1-2H3. The Labute approximate surface area is 108 Å². The van der Waals surface area contributed by atoms with Gasteiger partial charge in [-0.1, -0.05) is 0 Å². The molecule has 2 rings (SSSR count). The van der Waals surface area contributed by atoms with Crippen LogP contribution in [0.4, 0.5) is 0 Å². The number of aryl methyl sites for hydroxylation is 1. The van der Waals surface area contributed by atoms with E-state index in [0.29, 0.717) is 24.6 Å². The zero-order chi connectivity index (χ0) is 13.2. The molecular formula is C11H19N3O3S. The van der Waals surface area contributed by atoms with Crippen LogP contribution in [0.25, 0.3) is 0 Å². The number of morpholine rings is 1. The van der Waals surface area contributed by atoms with Crippen molar-refractivity contribution in [3.8, 4) is 0 Å². The monoisotopic (exact) mass is 273 g/mol. The molecule has 18 heavy (non-hydrogen) atoms. The molecular weight excluding hydrogens is 254 g/mol. The highest BCUT2D eigenvalue weighted by atomic mass is 32.2. The Balaban J connectivity index is 2.05. The molecule has 0 saturated carbocycles. The molecule has 7 heteroatoms. The zero-order valence-corrected chi connectivity index (χ0v) is 11.5. The van der Waals surface area contributed by atoms with Crippen molar-refractivity contribution in [2.75, 3.05) is 33.3 Å². The average Bonchev–Trinajstić information content (AvgIpc) is 2.78. The van der Waals surface area contributed by atoms with Crippen molar-refractivity contribution in [1.82, 2.24) is 14.2 Å². The van der Waals surface area contributed by atoms with Crippen LogP contribution in [0, 0.1) is 0 Å². The molecule has 1 aliphatic rings. The lowest BCUT2D eigenvalue weighted by atomic mass is 10.3. The number of ether oxygens (including phenoxy) is 1. The molecule has 1 aromatic heterocycles. The van der Waals surface area contributed by atoms with E-state index < -0.39 is 10.0 Å². The van der Waals surface area contributed by atoms with Crippen molar-refractivity contribution < 1.29 is 13.2 Å². The van der Waals surface area contributed by atoms with Gasteiger partial charge < -0.3 is 14.6 Å². The molecule has 102 valence electrons. The molecule has 1 unspecified atom stereocenters.